The predicted molar refractivity (Wildman–Crippen MR) is 108 cm³/mol. The lowest BCUT2D eigenvalue weighted by Crippen LogP contribution is -2.45. The molecule has 1 unspecified atom stereocenters. The van der Waals surface area contributed by atoms with Gasteiger partial charge in [-0.05, 0) is 43.1 Å². The van der Waals surface area contributed by atoms with Gasteiger partial charge in [0.1, 0.15) is 18.5 Å². The second-order valence-corrected chi connectivity index (χ2v) is 8.84. The maximum Gasteiger partial charge on any atom is 0.416 e. The van der Waals surface area contributed by atoms with E-state index < -0.39 is 29.8 Å². The molecule has 2 aromatic rings. The molecule has 1 amide bonds. The van der Waals surface area contributed by atoms with E-state index in [1.54, 1.807) is 6.07 Å². The van der Waals surface area contributed by atoms with Crippen molar-refractivity contribution in [2.45, 2.75) is 50.7 Å². The van der Waals surface area contributed by atoms with E-state index in [0.717, 1.165) is 43.4 Å². The van der Waals surface area contributed by atoms with E-state index >= 15 is 0 Å². The number of aliphatic hydroxyl groups excluding tert-OH is 1. The molecule has 1 aliphatic carbocycles. The first-order chi connectivity index (χ1) is 15.3. The number of aliphatic hydroxyl groups is 1. The smallest absolute Gasteiger partial charge is 0.416 e. The highest BCUT2D eigenvalue weighted by atomic mass is 19.4. The predicted octanol–water partition coefficient (Wildman–Crippen LogP) is 2.74. The Morgan fingerprint density at radius 1 is 1.25 bits per heavy atom. The molecule has 0 saturated heterocycles. The van der Waals surface area contributed by atoms with Crippen LogP contribution in [0.4, 0.5) is 13.2 Å². The molecule has 32 heavy (non-hydrogen) atoms. The van der Waals surface area contributed by atoms with Crippen molar-refractivity contribution < 1.29 is 27.8 Å². The highest BCUT2D eigenvalue weighted by Crippen LogP contribution is 2.38. The van der Waals surface area contributed by atoms with Crippen LogP contribution in [-0.4, -0.2) is 51.4 Å². The van der Waals surface area contributed by atoms with Crippen molar-refractivity contribution in [2.75, 3.05) is 19.7 Å². The average Bonchev–Trinajstić information content (AvgIpc) is 3.49. The molecule has 5 rings (SSSR count). The SMILES string of the molecule is O=C(N[C@H]1COc2ccc(C(F)(F)F)cc2C1O)c1cc2n(n1)CCN(CCC1CC1)C2. The average molecular weight is 450 g/mol. The summed E-state index contributed by atoms with van der Waals surface area (Å²) in [5, 5.41) is 17.7. The van der Waals surface area contributed by atoms with Crippen molar-refractivity contribution in [1.82, 2.24) is 20.0 Å². The van der Waals surface area contributed by atoms with Crippen LogP contribution in [0, 0.1) is 5.92 Å². The van der Waals surface area contributed by atoms with E-state index in [9.17, 15) is 23.1 Å². The Morgan fingerprint density at radius 3 is 2.81 bits per heavy atom. The lowest BCUT2D eigenvalue weighted by atomic mass is 9.97. The lowest BCUT2D eigenvalue weighted by molar-refractivity contribution is -0.137. The number of fused-ring (bicyclic) bond motifs is 2. The van der Waals surface area contributed by atoms with Crippen molar-refractivity contribution in [3.63, 3.8) is 0 Å². The molecule has 2 atom stereocenters. The number of nitrogens with zero attached hydrogens (tertiary/aromatic N) is 3. The van der Waals surface area contributed by atoms with Gasteiger partial charge in [-0.1, -0.05) is 12.8 Å². The summed E-state index contributed by atoms with van der Waals surface area (Å²) in [5.74, 6) is 0.559. The van der Waals surface area contributed by atoms with Gasteiger partial charge >= 0.3 is 6.18 Å². The van der Waals surface area contributed by atoms with Crippen LogP contribution in [0.3, 0.4) is 0 Å². The fraction of sp³-hybridized carbons (Fsp3) is 0.545. The Morgan fingerprint density at radius 2 is 2.06 bits per heavy atom. The number of nitrogens with one attached hydrogen (secondary N) is 1. The molecule has 1 aromatic heterocycles. The second kappa shape index (κ2) is 8.08. The van der Waals surface area contributed by atoms with Crippen LogP contribution < -0.4 is 10.1 Å². The number of halogens is 3. The van der Waals surface area contributed by atoms with Crippen LogP contribution in [0.25, 0.3) is 0 Å². The van der Waals surface area contributed by atoms with E-state index in [2.05, 4.69) is 15.3 Å². The zero-order valence-electron chi connectivity index (χ0n) is 17.4. The number of alkyl halides is 3. The van der Waals surface area contributed by atoms with Gasteiger partial charge in [-0.15, -0.1) is 0 Å². The minimum absolute atomic E-state index is 0.00631. The summed E-state index contributed by atoms with van der Waals surface area (Å²) in [5.41, 5.74) is 0.314. The number of amides is 1. The van der Waals surface area contributed by atoms with Gasteiger partial charge in [-0.3, -0.25) is 14.4 Å². The van der Waals surface area contributed by atoms with Gasteiger partial charge in [0, 0.05) is 18.7 Å². The minimum atomic E-state index is -4.53. The first kappa shape index (κ1) is 21.3. The number of ether oxygens (including phenoxy) is 1. The van der Waals surface area contributed by atoms with E-state index in [1.165, 1.54) is 25.3 Å². The highest BCUT2D eigenvalue weighted by molar-refractivity contribution is 5.92. The van der Waals surface area contributed by atoms with Crippen molar-refractivity contribution in [3.05, 3.63) is 46.8 Å². The monoisotopic (exact) mass is 450 g/mol. The summed E-state index contributed by atoms with van der Waals surface area (Å²) in [6.07, 6.45) is -1.99. The number of rotatable bonds is 5. The summed E-state index contributed by atoms with van der Waals surface area (Å²) >= 11 is 0. The normalized spacial score (nSPS) is 23.2. The first-order valence-corrected chi connectivity index (χ1v) is 10.9. The zero-order valence-corrected chi connectivity index (χ0v) is 17.4. The number of hydrogen-bond donors (Lipinski definition) is 2. The molecule has 3 aliphatic rings. The topological polar surface area (TPSA) is 79.6 Å². The molecular weight excluding hydrogens is 425 g/mol. The second-order valence-electron chi connectivity index (χ2n) is 8.84. The van der Waals surface area contributed by atoms with Crippen LogP contribution in [0.1, 0.15) is 52.7 Å². The van der Waals surface area contributed by atoms with Gasteiger partial charge in [0.15, 0.2) is 5.69 Å². The molecule has 1 aromatic carbocycles. The third kappa shape index (κ3) is 4.33. The molecule has 172 valence electrons. The van der Waals surface area contributed by atoms with Crippen LogP contribution in [-0.2, 0) is 19.3 Å². The quantitative estimate of drug-likeness (QED) is 0.733. The lowest BCUT2D eigenvalue weighted by Gasteiger charge is -2.31. The molecule has 0 spiro atoms. The van der Waals surface area contributed by atoms with E-state index in [1.807, 2.05) is 4.68 Å². The molecule has 2 N–H and O–H groups in total. The third-order valence-corrected chi connectivity index (χ3v) is 6.43. The summed E-state index contributed by atoms with van der Waals surface area (Å²) in [6, 6.07) is 3.83. The number of carbonyl (C=O) groups is 1. The minimum Gasteiger partial charge on any atom is -0.491 e. The standard InChI is InChI=1S/C22H25F3N4O3/c23-22(24,25)14-3-4-19-16(9-14)20(30)18(12-32-19)26-21(31)17-10-15-11-28(6-5-13-1-2-13)7-8-29(15)27-17/h3-4,9-10,13,18,20,30H,1-2,5-8,11-12H2,(H,26,31)/t18-,20?/m0/s1. The Labute approximate surface area is 183 Å². The molecule has 2 aliphatic heterocycles. The van der Waals surface area contributed by atoms with Crippen LogP contribution in [0.5, 0.6) is 5.75 Å². The number of hydrogen-bond acceptors (Lipinski definition) is 5. The Bertz CT molecular complexity index is 1020. The number of carbonyl (C=O) groups excluding carboxylic acids is 1. The maximum atomic E-state index is 13.0. The molecule has 3 heterocycles. The fourth-order valence-corrected chi connectivity index (χ4v) is 4.33. The van der Waals surface area contributed by atoms with E-state index in [4.69, 9.17) is 4.74 Å². The van der Waals surface area contributed by atoms with Gasteiger partial charge in [0.2, 0.25) is 0 Å². The Hall–Kier alpha value is -2.59. The molecule has 0 bridgehead atoms. The van der Waals surface area contributed by atoms with Gasteiger partial charge in [0.25, 0.3) is 5.91 Å². The van der Waals surface area contributed by atoms with Crippen LogP contribution in [0.2, 0.25) is 0 Å². The Balaban J connectivity index is 1.25. The van der Waals surface area contributed by atoms with E-state index in [-0.39, 0.29) is 23.6 Å². The number of benzene rings is 1. The van der Waals surface area contributed by atoms with Crippen molar-refractivity contribution in [1.29, 1.82) is 0 Å². The largest absolute Gasteiger partial charge is 0.491 e. The van der Waals surface area contributed by atoms with Gasteiger partial charge in [-0.2, -0.15) is 18.3 Å². The third-order valence-electron chi connectivity index (χ3n) is 6.43. The molecule has 1 fully saturated rings. The van der Waals surface area contributed by atoms with E-state index in [0.29, 0.717) is 6.54 Å². The molecule has 7 nitrogen and oxygen atoms in total. The maximum absolute atomic E-state index is 13.0. The molecule has 1 saturated carbocycles. The summed E-state index contributed by atoms with van der Waals surface area (Å²) in [7, 11) is 0. The summed E-state index contributed by atoms with van der Waals surface area (Å²) < 4.78 is 46.4. The molecular formula is C22H25F3N4O3. The zero-order chi connectivity index (χ0) is 22.5. The first-order valence-electron chi connectivity index (χ1n) is 10.9. The van der Waals surface area contributed by atoms with Gasteiger partial charge < -0.3 is 15.2 Å². The molecule has 10 heteroatoms. The number of aromatic nitrogens is 2. The van der Waals surface area contributed by atoms with Gasteiger partial charge in [-0.25, -0.2) is 0 Å². The van der Waals surface area contributed by atoms with Crippen molar-refractivity contribution in [3.8, 4) is 5.75 Å². The van der Waals surface area contributed by atoms with Crippen LogP contribution in [0.15, 0.2) is 24.3 Å². The van der Waals surface area contributed by atoms with Crippen molar-refractivity contribution in [2.24, 2.45) is 5.92 Å². The van der Waals surface area contributed by atoms with Crippen molar-refractivity contribution >= 4 is 5.91 Å². The van der Waals surface area contributed by atoms with Crippen LogP contribution >= 0.6 is 0 Å². The summed E-state index contributed by atoms with van der Waals surface area (Å²) in [6.45, 7) is 3.32. The highest BCUT2D eigenvalue weighted by Gasteiger charge is 2.36. The Kier molecular flexibility index (Phi) is 5.37. The fourth-order valence-electron chi connectivity index (χ4n) is 4.33. The summed E-state index contributed by atoms with van der Waals surface area (Å²) in [4.78, 5) is 15.1. The van der Waals surface area contributed by atoms with Gasteiger partial charge in [0.05, 0.1) is 23.8 Å². The molecule has 0 radical (unpaired) electrons.